The number of hydrogen-bond acceptors (Lipinski definition) is 4. The fraction of sp³-hybridized carbons (Fsp3) is 0.650. The first-order chi connectivity index (χ1) is 10.9. The van der Waals surface area contributed by atoms with Crippen LogP contribution in [0.3, 0.4) is 0 Å². The van der Waals surface area contributed by atoms with Crippen molar-refractivity contribution < 1.29 is 19.3 Å². The average molecular weight is 336 g/mol. The summed E-state index contributed by atoms with van der Waals surface area (Å²) in [7, 11) is 0. The lowest BCUT2D eigenvalue weighted by Crippen LogP contribution is -2.30. The van der Waals surface area contributed by atoms with Crippen LogP contribution in [0.4, 0.5) is 0 Å². The molecule has 0 aliphatic rings. The lowest BCUT2D eigenvalue weighted by atomic mass is 9.64. The smallest absolute Gasteiger partial charge is 0.339 e. The highest BCUT2D eigenvalue weighted by Gasteiger charge is 2.35. The van der Waals surface area contributed by atoms with Gasteiger partial charge in [-0.2, -0.15) is 0 Å². The Balaban J connectivity index is 2.89. The molecule has 0 radical (unpaired) electrons. The molecule has 24 heavy (non-hydrogen) atoms. The number of carbonyl (C=O) groups is 1. The predicted molar refractivity (Wildman–Crippen MR) is 95.7 cm³/mol. The molecule has 0 aliphatic heterocycles. The van der Waals surface area contributed by atoms with Gasteiger partial charge in [-0.3, -0.25) is 4.89 Å². The second kappa shape index (κ2) is 8.02. The summed E-state index contributed by atoms with van der Waals surface area (Å²) >= 11 is 0. The van der Waals surface area contributed by atoms with E-state index in [1.165, 1.54) is 12.5 Å². The van der Waals surface area contributed by atoms with Crippen molar-refractivity contribution in [2.75, 3.05) is 0 Å². The second-order valence-electron chi connectivity index (χ2n) is 8.36. The highest BCUT2D eigenvalue weighted by atomic mass is 17.2. The third kappa shape index (κ3) is 6.16. The van der Waals surface area contributed by atoms with Gasteiger partial charge < -0.3 is 4.74 Å². The lowest BCUT2D eigenvalue weighted by Gasteiger charge is -2.41. The van der Waals surface area contributed by atoms with E-state index in [0.717, 1.165) is 0 Å². The largest absolute Gasteiger partial charge is 0.461 e. The van der Waals surface area contributed by atoms with Crippen molar-refractivity contribution in [3.8, 4) is 5.75 Å². The minimum absolute atomic E-state index is 0.158. The minimum atomic E-state index is -0.610. The van der Waals surface area contributed by atoms with Crippen molar-refractivity contribution in [2.24, 2.45) is 10.8 Å². The first-order valence-corrected chi connectivity index (χ1v) is 8.55. The van der Waals surface area contributed by atoms with E-state index in [1.54, 1.807) is 0 Å². The van der Waals surface area contributed by atoms with Gasteiger partial charge >= 0.3 is 5.97 Å². The molecule has 1 unspecified atom stereocenters. The zero-order valence-corrected chi connectivity index (χ0v) is 16.3. The van der Waals surface area contributed by atoms with Crippen molar-refractivity contribution in [1.29, 1.82) is 0 Å². The minimum Gasteiger partial charge on any atom is -0.461 e. The number of benzene rings is 1. The molecule has 0 saturated heterocycles. The Morgan fingerprint density at radius 1 is 1.00 bits per heavy atom. The van der Waals surface area contributed by atoms with Crippen LogP contribution in [-0.4, -0.2) is 12.3 Å². The molecular formula is C20H32O4. The van der Waals surface area contributed by atoms with Crippen LogP contribution in [0.1, 0.15) is 73.3 Å². The monoisotopic (exact) mass is 336 g/mol. The Labute approximate surface area is 146 Å². The Morgan fingerprint density at radius 3 is 1.88 bits per heavy atom. The van der Waals surface area contributed by atoms with Crippen LogP contribution in [0.15, 0.2) is 24.3 Å². The maximum absolute atomic E-state index is 10.8. The molecule has 0 aromatic heterocycles. The van der Waals surface area contributed by atoms with Gasteiger partial charge in [0.05, 0.1) is 0 Å². The van der Waals surface area contributed by atoms with Gasteiger partial charge in [0, 0.05) is 13.3 Å². The standard InChI is InChI=1S/C20H32O4/c1-9-17(24-23-14(2)21)22-16-12-10-15(11-13-16)18(19(3,4)5)20(6,7)8/h10-13,17-18H,9H2,1-8H3. The van der Waals surface area contributed by atoms with Crippen molar-refractivity contribution in [3.05, 3.63) is 29.8 Å². The SMILES string of the molecule is CCC(OOC(C)=O)Oc1ccc(C(C(C)(C)C)C(C)(C)C)cc1. The Bertz CT molecular complexity index is 506. The summed E-state index contributed by atoms with van der Waals surface area (Å²) in [5, 5.41) is 0. The van der Waals surface area contributed by atoms with Crippen LogP contribution < -0.4 is 4.74 Å². The van der Waals surface area contributed by atoms with Crippen LogP contribution in [0.2, 0.25) is 0 Å². The van der Waals surface area contributed by atoms with E-state index in [0.29, 0.717) is 18.1 Å². The highest BCUT2D eigenvalue weighted by Crippen LogP contribution is 2.47. The van der Waals surface area contributed by atoms with Gasteiger partial charge in [0.15, 0.2) is 0 Å². The molecule has 0 fully saturated rings. The molecule has 0 aliphatic carbocycles. The Kier molecular flexibility index (Phi) is 6.85. The van der Waals surface area contributed by atoms with E-state index < -0.39 is 12.3 Å². The molecule has 1 rings (SSSR count). The number of rotatable bonds is 6. The van der Waals surface area contributed by atoms with Gasteiger partial charge in [-0.25, -0.2) is 4.79 Å². The maximum Gasteiger partial charge on any atom is 0.339 e. The highest BCUT2D eigenvalue weighted by molar-refractivity contribution is 5.65. The molecule has 1 aromatic rings. The first kappa shape index (κ1) is 20.5. The van der Waals surface area contributed by atoms with Gasteiger partial charge in [0.25, 0.3) is 0 Å². The summed E-state index contributed by atoms with van der Waals surface area (Å²) < 4.78 is 5.72. The fourth-order valence-corrected chi connectivity index (χ4v) is 3.48. The summed E-state index contributed by atoms with van der Waals surface area (Å²) in [6, 6.07) is 8.10. The molecule has 0 spiro atoms. The molecule has 0 heterocycles. The van der Waals surface area contributed by atoms with Crippen LogP contribution in [-0.2, 0) is 14.6 Å². The van der Waals surface area contributed by atoms with Crippen molar-refractivity contribution in [2.45, 2.75) is 74.0 Å². The van der Waals surface area contributed by atoms with Gasteiger partial charge in [-0.15, -0.1) is 4.89 Å². The Morgan fingerprint density at radius 2 is 1.50 bits per heavy atom. The summed E-state index contributed by atoms with van der Waals surface area (Å²) in [6.07, 6.45) is -0.0393. The van der Waals surface area contributed by atoms with Gasteiger partial charge in [-0.1, -0.05) is 60.6 Å². The van der Waals surface area contributed by atoms with Crippen molar-refractivity contribution >= 4 is 5.97 Å². The maximum atomic E-state index is 10.8. The molecular weight excluding hydrogens is 304 g/mol. The van der Waals surface area contributed by atoms with Crippen LogP contribution >= 0.6 is 0 Å². The quantitative estimate of drug-likeness (QED) is 0.392. The molecule has 1 aromatic carbocycles. The number of ether oxygens (including phenoxy) is 1. The van der Waals surface area contributed by atoms with E-state index in [1.807, 2.05) is 19.1 Å². The number of carbonyl (C=O) groups excluding carboxylic acids is 1. The summed E-state index contributed by atoms with van der Waals surface area (Å²) in [5.41, 5.74) is 1.60. The first-order valence-electron chi connectivity index (χ1n) is 8.55. The average Bonchev–Trinajstić information content (AvgIpc) is 2.42. The van der Waals surface area contributed by atoms with Crippen LogP contribution in [0.25, 0.3) is 0 Å². The van der Waals surface area contributed by atoms with Crippen molar-refractivity contribution in [1.82, 2.24) is 0 Å². The van der Waals surface area contributed by atoms with E-state index >= 15 is 0 Å². The summed E-state index contributed by atoms with van der Waals surface area (Å²) in [6.45, 7) is 16.8. The van der Waals surface area contributed by atoms with E-state index in [2.05, 4.69) is 58.6 Å². The third-order valence-corrected chi connectivity index (χ3v) is 3.82. The molecule has 136 valence electrons. The third-order valence-electron chi connectivity index (χ3n) is 3.82. The fourth-order valence-electron chi connectivity index (χ4n) is 3.48. The van der Waals surface area contributed by atoms with Crippen molar-refractivity contribution in [3.63, 3.8) is 0 Å². The number of hydrogen-bond donors (Lipinski definition) is 0. The van der Waals surface area contributed by atoms with Crippen LogP contribution in [0.5, 0.6) is 5.75 Å². The van der Waals surface area contributed by atoms with E-state index in [-0.39, 0.29) is 10.8 Å². The predicted octanol–water partition coefficient (Wildman–Crippen LogP) is 5.47. The van der Waals surface area contributed by atoms with Gasteiger partial charge in [-0.05, 0) is 34.4 Å². The normalized spacial score (nSPS) is 13.7. The summed E-state index contributed by atoms with van der Waals surface area (Å²) in [4.78, 5) is 20.3. The van der Waals surface area contributed by atoms with Gasteiger partial charge in [0.2, 0.25) is 6.29 Å². The van der Waals surface area contributed by atoms with E-state index in [4.69, 9.17) is 9.62 Å². The van der Waals surface area contributed by atoms with E-state index in [9.17, 15) is 4.79 Å². The molecule has 4 heteroatoms. The molecule has 0 amide bonds. The molecule has 4 nitrogen and oxygen atoms in total. The summed E-state index contributed by atoms with van der Waals surface area (Å²) in [5.74, 6) is 0.614. The zero-order valence-electron chi connectivity index (χ0n) is 16.3. The Hall–Kier alpha value is -1.55. The van der Waals surface area contributed by atoms with Gasteiger partial charge in [0.1, 0.15) is 5.75 Å². The lowest BCUT2D eigenvalue weighted by molar-refractivity contribution is -0.333. The molecule has 1 atom stereocenters. The topological polar surface area (TPSA) is 44.8 Å². The second-order valence-corrected chi connectivity index (χ2v) is 8.36. The molecule has 0 N–H and O–H groups in total. The molecule has 0 bridgehead atoms. The zero-order chi connectivity index (χ0) is 18.5. The van der Waals surface area contributed by atoms with Crippen LogP contribution in [0, 0.1) is 10.8 Å². The molecule has 0 saturated carbocycles.